The zero-order chi connectivity index (χ0) is 21.3. The summed E-state index contributed by atoms with van der Waals surface area (Å²) in [6, 6.07) is -3.68. The maximum absolute atomic E-state index is 13.4. The largest absolute Gasteiger partial charge is 1.00 e. The number of amides is 2. The van der Waals surface area contributed by atoms with Gasteiger partial charge in [-0.15, -0.1) is 0 Å². The Morgan fingerprint density at radius 3 is 1.86 bits per heavy atom. The van der Waals surface area contributed by atoms with Crippen LogP contribution in [0.1, 0.15) is 34.1 Å². The van der Waals surface area contributed by atoms with Gasteiger partial charge in [-0.25, -0.2) is 0 Å². The third kappa shape index (κ3) is 5.31. The summed E-state index contributed by atoms with van der Waals surface area (Å²) in [5.41, 5.74) is 3.71. The van der Waals surface area contributed by atoms with Crippen molar-refractivity contribution in [3.8, 4) is 0 Å². The molecule has 1 aliphatic heterocycles. The van der Waals surface area contributed by atoms with Gasteiger partial charge in [0.15, 0.2) is 6.04 Å². The Kier molecular flexibility index (Phi) is 8.84. The molecule has 1 aliphatic rings. The quantitative estimate of drug-likeness (QED) is 0.441. The summed E-state index contributed by atoms with van der Waals surface area (Å²) in [7, 11) is 0. The van der Waals surface area contributed by atoms with E-state index in [9.17, 15) is 36.3 Å². The van der Waals surface area contributed by atoms with E-state index in [0.717, 1.165) is 0 Å². The van der Waals surface area contributed by atoms with E-state index in [0.29, 0.717) is 0 Å². The molecule has 0 spiro atoms. The van der Waals surface area contributed by atoms with Crippen molar-refractivity contribution in [2.24, 2.45) is 11.8 Å². The van der Waals surface area contributed by atoms with Gasteiger partial charge in [-0.3, -0.25) is 14.4 Å². The number of rotatable bonds is 7. The molecule has 1 saturated heterocycles. The van der Waals surface area contributed by atoms with Gasteiger partial charge in [0.25, 0.3) is 5.91 Å². The Labute approximate surface area is 165 Å². The van der Waals surface area contributed by atoms with Gasteiger partial charge in [-0.1, -0.05) is 27.7 Å². The molecule has 0 aromatic heterocycles. The van der Waals surface area contributed by atoms with Gasteiger partial charge in [0.05, 0.1) is 6.04 Å². The Bertz CT molecular complexity index is 599. The predicted octanol–water partition coefficient (Wildman–Crippen LogP) is -2.23. The maximum atomic E-state index is 13.4. The number of ketones is 1. The van der Waals surface area contributed by atoms with Crippen LogP contribution in [-0.2, 0) is 14.4 Å². The third-order valence-corrected chi connectivity index (χ3v) is 4.64. The average Bonchev–Trinajstić information content (AvgIpc) is 2.48. The van der Waals surface area contributed by atoms with Gasteiger partial charge in [-0.2, -0.15) is 22.0 Å². The summed E-state index contributed by atoms with van der Waals surface area (Å²) < 4.78 is 64.2. The number of likely N-dealkylation sites (tertiary alicyclic amines) is 1. The first-order chi connectivity index (χ1) is 12.1. The second-order valence-corrected chi connectivity index (χ2v) is 7.35. The fourth-order valence-corrected chi connectivity index (χ4v) is 2.54. The molecule has 0 bridgehead atoms. The molecular formula is C16H25ClF5N3O3. The molecule has 1 heterocycles. The van der Waals surface area contributed by atoms with Crippen LogP contribution in [0, 0.1) is 11.8 Å². The number of hydrogen-bond donors (Lipinski definition) is 2. The fourth-order valence-electron chi connectivity index (χ4n) is 2.54. The summed E-state index contributed by atoms with van der Waals surface area (Å²) in [6.45, 7) is 6.25. The van der Waals surface area contributed by atoms with E-state index in [1.54, 1.807) is 13.8 Å². The molecule has 3 atom stereocenters. The molecule has 164 valence electrons. The summed E-state index contributed by atoms with van der Waals surface area (Å²) in [4.78, 5) is 37.5. The van der Waals surface area contributed by atoms with E-state index in [-0.39, 0.29) is 31.3 Å². The number of quaternary nitrogens is 1. The molecule has 2 amide bonds. The van der Waals surface area contributed by atoms with Crippen LogP contribution in [-0.4, -0.2) is 59.3 Å². The number of alkyl halides is 5. The van der Waals surface area contributed by atoms with Gasteiger partial charge in [-0.05, 0) is 12.3 Å². The summed E-state index contributed by atoms with van der Waals surface area (Å²) >= 11 is 0. The first kappa shape index (κ1) is 26.5. The summed E-state index contributed by atoms with van der Waals surface area (Å²) in [5.74, 6) is -10.5. The Hall–Kier alpha value is -1.49. The number of halogens is 6. The van der Waals surface area contributed by atoms with Gasteiger partial charge >= 0.3 is 12.1 Å². The highest BCUT2D eigenvalue weighted by Crippen LogP contribution is 2.37. The Morgan fingerprint density at radius 1 is 1.04 bits per heavy atom. The van der Waals surface area contributed by atoms with Crippen LogP contribution < -0.4 is 23.5 Å². The van der Waals surface area contributed by atoms with Crippen molar-refractivity contribution in [1.29, 1.82) is 0 Å². The van der Waals surface area contributed by atoms with E-state index >= 15 is 0 Å². The first-order valence-corrected chi connectivity index (χ1v) is 8.55. The normalized spacial score (nSPS) is 19.6. The number of nitrogens with zero attached hydrogens (tertiary/aromatic N) is 1. The van der Waals surface area contributed by atoms with Crippen LogP contribution in [0.15, 0.2) is 0 Å². The molecule has 4 N–H and O–H groups in total. The predicted molar refractivity (Wildman–Crippen MR) is 84.4 cm³/mol. The van der Waals surface area contributed by atoms with E-state index in [2.05, 4.69) is 5.73 Å². The lowest BCUT2D eigenvalue weighted by molar-refractivity contribution is -0.416. The molecule has 0 saturated carbocycles. The van der Waals surface area contributed by atoms with Crippen LogP contribution in [0.5, 0.6) is 0 Å². The molecule has 6 nitrogen and oxygen atoms in total. The molecule has 12 heteroatoms. The fraction of sp³-hybridized carbons (Fsp3) is 0.812. The lowest BCUT2D eigenvalue weighted by Crippen LogP contribution is -3.00. The second-order valence-electron chi connectivity index (χ2n) is 7.35. The first-order valence-electron chi connectivity index (χ1n) is 8.55. The van der Waals surface area contributed by atoms with E-state index in [1.807, 2.05) is 5.32 Å². The molecule has 0 aromatic rings. The van der Waals surface area contributed by atoms with Gasteiger partial charge in [0.2, 0.25) is 11.7 Å². The smallest absolute Gasteiger partial charge is 0.461 e. The van der Waals surface area contributed by atoms with E-state index < -0.39 is 53.7 Å². The minimum absolute atomic E-state index is 0. The van der Waals surface area contributed by atoms with Crippen LogP contribution in [0.25, 0.3) is 0 Å². The van der Waals surface area contributed by atoms with Crippen molar-refractivity contribution in [3.05, 3.63) is 0 Å². The highest BCUT2D eigenvalue weighted by atomic mass is 35.5. The molecular weight excluding hydrogens is 413 g/mol. The standard InChI is InChI=1S/C16H24F5N3O3.ClH/c1-7(2)10(22)14(27)24-6-5-9(24)13(26)23-11(8(3)4)12(25)15(17,18)16(19,20)21;/h7-11H,5-6,22H2,1-4H3,(H,23,26);1H/t9-,10-,11?;/m0./s1. The number of hydrogen-bond acceptors (Lipinski definition) is 3. The summed E-state index contributed by atoms with van der Waals surface area (Å²) in [5, 5.41) is 1.97. The summed E-state index contributed by atoms with van der Waals surface area (Å²) in [6.07, 6.45) is -5.84. The molecule has 0 aromatic carbocycles. The van der Waals surface area contributed by atoms with Crippen LogP contribution in [0.4, 0.5) is 22.0 Å². The van der Waals surface area contributed by atoms with E-state index in [1.165, 1.54) is 18.7 Å². The number of carbonyl (C=O) groups excluding carboxylic acids is 3. The monoisotopic (exact) mass is 437 g/mol. The van der Waals surface area contributed by atoms with Crippen molar-refractivity contribution in [2.45, 2.75) is 64.3 Å². The van der Waals surface area contributed by atoms with Crippen molar-refractivity contribution >= 4 is 17.6 Å². The van der Waals surface area contributed by atoms with Gasteiger partial charge in [0.1, 0.15) is 6.04 Å². The zero-order valence-corrected chi connectivity index (χ0v) is 16.7. The van der Waals surface area contributed by atoms with Crippen molar-refractivity contribution in [1.82, 2.24) is 10.2 Å². The number of carbonyl (C=O) groups is 3. The SMILES string of the molecule is CC(C)C(NC(=O)[C@@H]1CCN1C(=O)[C@@H]([NH3+])C(C)C)C(=O)C(F)(F)C(F)(F)F.[Cl-]. The highest BCUT2D eigenvalue weighted by Gasteiger charge is 2.64. The van der Waals surface area contributed by atoms with E-state index in [4.69, 9.17) is 0 Å². The third-order valence-electron chi connectivity index (χ3n) is 4.64. The maximum Gasteiger partial charge on any atom is 0.461 e. The van der Waals surface area contributed by atoms with Crippen molar-refractivity contribution in [2.75, 3.05) is 6.54 Å². The lowest BCUT2D eigenvalue weighted by atomic mass is 9.93. The lowest BCUT2D eigenvalue weighted by Gasteiger charge is -2.41. The van der Waals surface area contributed by atoms with Crippen LogP contribution in [0.2, 0.25) is 0 Å². The topological polar surface area (TPSA) is 94.1 Å². The second kappa shape index (κ2) is 9.34. The molecule has 28 heavy (non-hydrogen) atoms. The number of nitrogens with one attached hydrogen (secondary N) is 1. The Morgan fingerprint density at radius 2 is 1.54 bits per heavy atom. The highest BCUT2D eigenvalue weighted by molar-refractivity contribution is 5.97. The van der Waals surface area contributed by atoms with Crippen LogP contribution >= 0.6 is 0 Å². The molecule has 1 rings (SSSR count). The van der Waals surface area contributed by atoms with Crippen LogP contribution in [0.3, 0.4) is 0 Å². The minimum atomic E-state index is -6.06. The minimum Gasteiger partial charge on any atom is -1.00 e. The molecule has 0 aliphatic carbocycles. The molecule has 1 fully saturated rings. The number of Topliss-reactive ketones (excluding diaryl/α,β-unsaturated/α-hetero) is 1. The van der Waals surface area contributed by atoms with Gasteiger partial charge in [0, 0.05) is 12.5 Å². The average molecular weight is 438 g/mol. The Balaban J connectivity index is 0.00000729. The van der Waals surface area contributed by atoms with Crippen molar-refractivity contribution in [3.63, 3.8) is 0 Å². The van der Waals surface area contributed by atoms with Crippen molar-refractivity contribution < 1.29 is 54.5 Å². The molecule has 0 radical (unpaired) electrons. The van der Waals surface area contributed by atoms with Gasteiger partial charge < -0.3 is 28.4 Å². The molecule has 1 unspecified atom stereocenters. The zero-order valence-electron chi connectivity index (χ0n) is 15.9.